The first-order valence-corrected chi connectivity index (χ1v) is 6.27. The smallest absolute Gasteiger partial charge is 0.277 e. The maximum atomic E-state index is 11.8. The van der Waals surface area contributed by atoms with Gasteiger partial charge in [0.1, 0.15) is 0 Å². The van der Waals surface area contributed by atoms with E-state index in [2.05, 4.69) is 0 Å². The zero-order chi connectivity index (χ0) is 14.6. The second kappa shape index (κ2) is 4.23. The Labute approximate surface area is 120 Å². The molecule has 0 N–H and O–H groups in total. The standard InChI is InChI=1S/C14H4Cl2O4/c15-9-1-2-10(16)6-4-8-7(3-5(6)9)11(17)13(19)14(20)12(8)18/h1-4H. The van der Waals surface area contributed by atoms with Crippen LogP contribution in [0.4, 0.5) is 0 Å². The van der Waals surface area contributed by atoms with E-state index in [9.17, 15) is 19.2 Å². The highest BCUT2D eigenvalue weighted by atomic mass is 35.5. The summed E-state index contributed by atoms with van der Waals surface area (Å²) in [6.45, 7) is 0. The predicted molar refractivity (Wildman–Crippen MR) is 78.9 cm³/mol. The summed E-state index contributed by atoms with van der Waals surface area (Å²) in [7, 11) is 0. The molecule has 0 spiro atoms. The monoisotopic (exact) mass is 306 g/mol. The first-order chi connectivity index (χ1) is 9.41. The summed E-state index contributed by atoms with van der Waals surface area (Å²) >= 11 is 12.0. The molecule has 0 heterocycles. The van der Waals surface area contributed by atoms with Crippen LogP contribution in [0.1, 0.15) is 0 Å². The van der Waals surface area contributed by atoms with Gasteiger partial charge in [-0.1, -0.05) is 23.2 Å². The lowest BCUT2D eigenvalue weighted by atomic mass is 10.0. The van der Waals surface area contributed by atoms with Crippen molar-refractivity contribution in [2.45, 2.75) is 0 Å². The number of benzene rings is 3. The van der Waals surface area contributed by atoms with E-state index in [-0.39, 0.29) is 10.8 Å². The van der Waals surface area contributed by atoms with Crippen LogP contribution in [0.5, 0.6) is 0 Å². The Morgan fingerprint density at radius 2 is 0.900 bits per heavy atom. The molecule has 0 saturated carbocycles. The van der Waals surface area contributed by atoms with Gasteiger partial charge >= 0.3 is 0 Å². The summed E-state index contributed by atoms with van der Waals surface area (Å²) in [6.07, 6.45) is 0. The van der Waals surface area contributed by atoms with Gasteiger partial charge in [-0.05, 0) is 24.3 Å². The Hall–Kier alpha value is -2.04. The van der Waals surface area contributed by atoms with Crippen LogP contribution in [0.15, 0.2) is 43.4 Å². The molecule has 0 atom stereocenters. The predicted octanol–water partition coefficient (Wildman–Crippen LogP) is 1.62. The highest BCUT2D eigenvalue weighted by Gasteiger charge is 2.15. The average molecular weight is 307 g/mol. The average Bonchev–Trinajstić information content (AvgIpc) is 2.45. The molecule has 0 aliphatic rings. The quantitative estimate of drug-likeness (QED) is 0.467. The molecule has 0 amide bonds. The van der Waals surface area contributed by atoms with Crippen LogP contribution in [0, 0.1) is 0 Å². The molecule has 3 rings (SSSR count). The minimum atomic E-state index is -1.32. The van der Waals surface area contributed by atoms with E-state index >= 15 is 0 Å². The molecule has 0 aromatic heterocycles. The molecule has 98 valence electrons. The molecule has 0 aliphatic heterocycles. The molecule has 0 unspecified atom stereocenters. The van der Waals surface area contributed by atoms with Crippen molar-refractivity contribution in [2.24, 2.45) is 0 Å². The zero-order valence-corrected chi connectivity index (χ0v) is 11.2. The normalized spacial score (nSPS) is 11.3. The fourth-order valence-corrected chi connectivity index (χ4v) is 2.59. The fraction of sp³-hybridized carbons (Fsp3) is 0. The zero-order valence-electron chi connectivity index (χ0n) is 9.70. The lowest BCUT2D eigenvalue weighted by Crippen LogP contribution is -2.46. The van der Waals surface area contributed by atoms with Crippen molar-refractivity contribution in [3.63, 3.8) is 0 Å². The lowest BCUT2D eigenvalue weighted by Gasteiger charge is -2.04. The van der Waals surface area contributed by atoms with Gasteiger partial charge in [0.2, 0.25) is 10.9 Å². The number of rotatable bonds is 0. The van der Waals surface area contributed by atoms with Crippen LogP contribution in [0.3, 0.4) is 0 Å². The minimum absolute atomic E-state index is 0.115. The number of fused-ring (bicyclic) bond motifs is 2. The van der Waals surface area contributed by atoms with E-state index < -0.39 is 21.7 Å². The molecule has 0 aliphatic carbocycles. The summed E-state index contributed by atoms with van der Waals surface area (Å²) in [6, 6.07) is 5.73. The largest absolute Gasteiger partial charge is 0.285 e. The first kappa shape index (κ1) is 13.0. The van der Waals surface area contributed by atoms with Gasteiger partial charge < -0.3 is 0 Å². The van der Waals surface area contributed by atoms with Gasteiger partial charge in [-0.3, -0.25) is 19.2 Å². The molecule has 0 fully saturated rings. The van der Waals surface area contributed by atoms with Gasteiger partial charge in [0.15, 0.2) is 0 Å². The number of hydrogen-bond donors (Lipinski definition) is 0. The summed E-state index contributed by atoms with van der Waals surface area (Å²) in [5, 5.41) is 1.32. The fourth-order valence-electron chi connectivity index (χ4n) is 2.15. The third kappa shape index (κ3) is 1.62. The summed E-state index contributed by atoms with van der Waals surface area (Å²) in [5.41, 5.74) is -4.63. The van der Waals surface area contributed by atoms with Gasteiger partial charge in [-0.15, -0.1) is 0 Å². The molecule has 3 aromatic rings. The van der Waals surface area contributed by atoms with Crippen molar-refractivity contribution in [1.82, 2.24) is 0 Å². The van der Waals surface area contributed by atoms with E-state index in [1.54, 1.807) is 12.1 Å². The molecule has 6 heteroatoms. The lowest BCUT2D eigenvalue weighted by molar-refractivity contribution is 1.40. The van der Waals surface area contributed by atoms with Crippen LogP contribution in [0.2, 0.25) is 10.0 Å². The van der Waals surface area contributed by atoms with Crippen molar-refractivity contribution >= 4 is 44.7 Å². The third-order valence-electron chi connectivity index (χ3n) is 3.16. The molecule has 0 bridgehead atoms. The van der Waals surface area contributed by atoms with Gasteiger partial charge in [0.25, 0.3) is 10.9 Å². The van der Waals surface area contributed by atoms with E-state index in [1.165, 1.54) is 12.1 Å². The summed E-state index contributed by atoms with van der Waals surface area (Å²) < 4.78 is 0. The van der Waals surface area contributed by atoms with Crippen LogP contribution in [0.25, 0.3) is 21.5 Å². The van der Waals surface area contributed by atoms with Crippen LogP contribution < -0.4 is 21.7 Å². The summed E-state index contributed by atoms with van der Waals surface area (Å²) in [5.74, 6) is 0. The molecule has 4 nitrogen and oxygen atoms in total. The van der Waals surface area contributed by atoms with E-state index in [1.807, 2.05) is 0 Å². The molecule has 0 saturated heterocycles. The Kier molecular flexibility index (Phi) is 2.74. The van der Waals surface area contributed by atoms with Crippen LogP contribution in [-0.4, -0.2) is 0 Å². The summed E-state index contributed by atoms with van der Waals surface area (Å²) in [4.78, 5) is 46.4. The Bertz CT molecular complexity index is 1000. The van der Waals surface area contributed by atoms with Crippen molar-refractivity contribution in [2.75, 3.05) is 0 Å². The maximum absolute atomic E-state index is 11.8. The van der Waals surface area contributed by atoms with Gasteiger partial charge in [0, 0.05) is 31.6 Å². The Morgan fingerprint density at radius 1 is 0.550 bits per heavy atom. The highest BCUT2D eigenvalue weighted by Crippen LogP contribution is 2.31. The maximum Gasteiger partial charge on any atom is 0.277 e. The molecule has 3 aromatic carbocycles. The van der Waals surface area contributed by atoms with Crippen molar-refractivity contribution in [3.05, 3.63) is 75.2 Å². The van der Waals surface area contributed by atoms with Crippen LogP contribution in [-0.2, 0) is 0 Å². The highest BCUT2D eigenvalue weighted by molar-refractivity contribution is 6.40. The van der Waals surface area contributed by atoms with Gasteiger partial charge in [0.05, 0.1) is 0 Å². The molecular weight excluding hydrogens is 303 g/mol. The van der Waals surface area contributed by atoms with E-state index in [4.69, 9.17) is 23.2 Å². The van der Waals surface area contributed by atoms with E-state index in [0.717, 1.165) is 0 Å². The third-order valence-corrected chi connectivity index (χ3v) is 3.82. The number of hydrogen-bond acceptors (Lipinski definition) is 4. The van der Waals surface area contributed by atoms with Gasteiger partial charge in [-0.25, -0.2) is 0 Å². The Balaban J connectivity index is 2.77. The minimum Gasteiger partial charge on any atom is -0.285 e. The second-order valence-electron chi connectivity index (χ2n) is 4.29. The van der Waals surface area contributed by atoms with Crippen molar-refractivity contribution < 1.29 is 0 Å². The van der Waals surface area contributed by atoms with Crippen molar-refractivity contribution in [1.29, 1.82) is 0 Å². The SMILES string of the molecule is O=c1c(=O)c(=O)c2cc3c(Cl)ccc(Cl)c3cc2c1=O. The second-order valence-corrected chi connectivity index (χ2v) is 5.10. The topological polar surface area (TPSA) is 68.3 Å². The van der Waals surface area contributed by atoms with Crippen LogP contribution >= 0.6 is 23.2 Å². The first-order valence-electron chi connectivity index (χ1n) is 5.51. The Morgan fingerprint density at radius 3 is 1.25 bits per heavy atom. The van der Waals surface area contributed by atoms with E-state index in [0.29, 0.717) is 20.8 Å². The van der Waals surface area contributed by atoms with Crippen molar-refractivity contribution in [3.8, 4) is 0 Å². The molecule has 0 radical (unpaired) electrons. The molecular formula is C14H4Cl2O4. The number of halogens is 2. The molecule has 20 heavy (non-hydrogen) atoms. The van der Waals surface area contributed by atoms with Gasteiger partial charge in [-0.2, -0.15) is 0 Å².